The van der Waals surface area contributed by atoms with E-state index in [1.165, 1.54) is 29.5 Å². The van der Waals surface area contributed by atoms with Crippen LogP contribution in [-0.4, -0.2) is 38.7 Å². The summed E-state index contributed by atoms with van der Waals surface area (Å²) in [4.78, 5) is 26.1. The third-order valence-electron chi connectivity index (χ3n) is 6.40. The Morgan fingerprint density at radius 3 is 2.53 bits per heavy atom. The number of H-pyrrole nitrogens is 1. The first-order chi connectivity index (χ1) is 17.5. The summed E-state index contributed by atoms with van der Waals surface area (Å²) in [7, 11) is 0. The molecule has 3 rings (SSSR count). The number of nitrogens with one attached hydrogen (secondary N) is 2. The topological polar surface area (TPSA) is 73.9 Å². The van der Waals surface area contributed by atoms with Gasteiger partial charge in [-0.1, -0.05) is 46.6 Å². The van der Waals surface area contributed by atoms with E-state index in [0.29, 0.717) is 6.42 Å². The highest BCUT2D eigenvalue weighted by Gasteiger charge is 2.15. The third-order valence-corrected chi connectivity index (χ3v) is 6.40. The lowest BCUT2D eigenvalue weighted by molar-refractivity contribution is -0.117. The minimum Gasteiger partial charge on any atom is -0.346 e. The quantitative estimate of drug-likeness (QED) is 0.212. The van der Waals surface area contributed by atoms with Gasteiger partial charge in [-0.25, -0.2) is 9.97 Å². The molecule has 2 aromatic heterocycles. The fourth-order valence-electron chi connectivity index (χ4n) is 4.48. The van der Waals surface area contributed by atoms with E-state index in [-0.39, 0.29) is 5.78 Å². The van der Waals surface area contributed by atoms with Gasteiger partial charge >= 0.3 is 0 Å². The molecule has 0 amide bonds. The van der Waals surface area contributed by atoms with Gasteiger partial charge in [0.2, 0.25) is 0 Å². The van der Waals surface area contributed by atoms with Crippen molar-refractivity contribution >= 4 is 28.3 Å². The van der Waals surface area contributed by atoms with Crippen molar-refractivity contribution in [2.75, 3.05) is 18.4 Å². The molecule has 2 N–H and O–H groups in total. The largest absolute Gasteiger partial charge is 0.346 e. The first kappa shape index (κ1) is 29.5. The molecule has 0 aliphatic carbocycles. The molecule has 6 nitrogen and oxygen atoms in total. The number of carbonyl (C=O) groups excluding carboxylic acids is 1. The van der Waals surface area contributed by atoms with Crippen molar-refractivity contribution in [1.82, 2.24) is 19.9 Å². The minimum atomic E-state index is 0.283. The molecular formula is C30H47N5O. The normalized spacial score (nSPS) is 11.0. The van der Waals surface area contributed by atoms with Crippen molar-refractivity contribution in [3.8, 4) is 0 Å². The molecule has 2 heterocycles. The van der Waals surface area contributed by atoms with Crippen LogP contribution in [0.3, 0.4) is 0 Å². The van der Waals surface area contributed by atoms with Crippen LogP contribution in [0.2, 0.25) is 0 Å². The van der Waals surface area contributed by atoms with Gasteiger partial charge in [-0.3, -0.25) is 4.90 Å². The number of carbonyl (C=O) groups is 1. The van der Waals surface area contributed by atoms with Gasteiger partial charge in [-0.05, 0) is 87.9 Å². The number of unbranched alkanes of at least 4 members (excludes halogenated alkanes) is 3. The van der Waals surface area contributed by atoms with Gasteiger partial charge in [0.1, 0.15) is 23.6 Å². The summed E-state index contributed by atoms with van der Waals surface area (Å²) in [5.74, 6) is 1.13. The third kappa shape index (κ3) is 9.05. The Kier molecular flexibility index (Phi) is 13.2. The summed E-state index contributed by atoms with van der Waals surface area (Å²) in [5.41, 5.74) is 5.81. The maximum Gasteiger partial charge on any atom is 0.143 e. The van der Waals surface area contributed by atoms with Crippen molar-refractivity contribution in [1.29, 1.82) is 0 Å². The average molecular weight is 494 g/mol. The average Bonchev–Trinajstić information content (AvgIpc) is 3.29. The number of hydrogen-bond acceptors (Lipinski definition) is 5. The monoisotopic (exact) mass is 493 g/mol. The Labute approximate surface area is 218 Å². The van der Waals surface area contributed by atoms with Crippen molar-refractivity contribution in [2.24, 2.45) is 0 Å². The zero-order valence-corrected chi connectivity index (χ0v) is 23.4. The van der Waals surface area contributed by atoms with Gasteiger partial charge in [-0.2, -0.15) is 0 Å². The van der Waals surface area contributed by atoms with Gasteiger partial charge in [0, 0.05) is 24.8 Å². The van der Waals surface area contributed by atoms with Crippen LogP contribution in [0, 0.1) is 6.92 Å². The smallest absolute Gasteiger partial charge is 0.143 e. The molecule has 0 fully saturated rings. The van der Waals surface area contributed by atoms with Gasteiger partial charge < -0.3 is 15.1 Å². The van der Waals surface area contributed by atoms with Gasteiger partial charge in [0.05, 0.1) is 5.39 Å². The molecule has 0 unspecified atom stereocenters. The second-order valence-electron chi connectivity index (χ2n) is 9.42. The molecule has 0 aliphatic rings. The standard InChI is InChI=1S/C28H41N5O.C2H6/c1-5-7-16-33(15-6-2)19-24-18-29-27-26(24)28(31-20-30-27)32-25-14-13-21(3)23(17-25)12-10-8-9-11-22(4)34;1-2/h13-14,17-18,20H,5-12,15-16,19H2,1-4H3,(H2,29,30,31,32);1-2H3. The number of ketones is 1. The molecular weight excluding hydrogens is 446 g/mol. The Balaban J connectivity index is 0.00000222. The van der Waals surface area contributed by atoms with Crippen molar-refractivity contribution in [3.05, 3.63) is 47.4 Å². The highest BCUT2D eigenvalue weighted by Crippen LogP contribution is 2.28. The predicted molar refractivity (Wildman–Crippen MR) is 153 cm³/mol. The molecule has 1 aromatic carbocycles. The molecule has 198 valence electrons. The zero-order valence-electron chi connectivity index (χ0n) is 23.4. The molecule has 6 heteroatoms. The number of fused-ring (bicyclic) bond motifs is 1. The number of aryl methyl sites for hydroxylation is 2. The van der Waals surface area contributed by atoms with Crippen LogP contribution in [0.1, 0.15) is 96.3 Å². The lowest BCUT2D eigenvalue weighted by Gasteiger charge is -2.21. The second kappa shape index (κ2) is 16.1. The highest BCUT2D eigenvalue weighted by molar-refractivity contribution is 5.92. The maximum absolute atomic E-state index is 11.2. The van der Waals surface area contributed by atoms with Crippen molar-refractivity contribution in [3.63, 3.8) is 0 Å². The van der Waals surface area contributed by atoms with Gasteiger partial charge in [0.15, 0.2) is 0 Å². The van der Waals surface area contributed by atoms with E-state index in [2.05, 4.69) is 70.3 Å². The van der Waals surface area contributed by atoms with Gasteiger partial charge in [0.25, 0.3) is 0 Å². The first-order valence-corrected chi connectivity index (χ1v) is 13.9. The van der Waals surface area contributed by atoms with Crippen LogP contribution in [-0.2, 0) is 17.8 Å². The summed E-state index contributed by atoms with van der Waals surface area (Å²) < 4.78 is 0. The Bertz CT molecular complexity index is 1060. The predicted octanol–water partition coefficient (Wildman–Crippen LogP) is 7.74. The number of aromatic amines is 1. The minimum absolute atomic E-state index is 0.283. The zero-order chi connectivity index (χ0) is 26.3. The van der Waals surface area contributed by atoms with E-state index in [4.69, 9.17) is 0 Å². The summed E-state index contributed by atoms with van der Waals surface area (Å²) in [6, 6.07) is 6.54. The van der Waals surface area contributed by atoms with Crippen molar-refractivity contribution < 1.29 is 4.79 Å². The molecule has 0 atom stereocenters. The Morgan fingerprint density at radius 2 is 1.81 bits per heavy atom. The summed E-state index contributed by atoms with van der Waals surface area (Å²) in [6.07, 6.45) is 12.2. The molecule has 0 aliphatic heterocycles. The lowest BCUT2D eigenvalue weighted by atomic mass is 10.0. The molecule has 0 radical (unpaired) electrons. The summed E-state index contributed by atoms with van der Waals surface area (Å²) in [6.45, 7) is 15.4. The van der Waals surface area contributed by atoms with Crippen LogP contribution in [0.5, 0.6) is 0 Å². The van der Waals surface area contributed by atoms with E-state index in [9.17, 15) is 4.79 Å². The Hall–Kier alpha value is -2.73. The van der Waals surface area contributed by atoms with Crippen LogP contribution < -0.4 is 5.32 Å². The molecule has 0 spiro atoms. The van der Waals surface area contributed by atoms with Crippen LogP contribution in [0.15, 0.2) is 30.7 Å². The van der Waals surface area contributed by atoms with Crippen molar-refractivity contribution in [2.45, 2.75) is 99.5 Å². The number of benzene rings is 1. The van der Waals surface area contributed by atoms with E-state index in [1.54, 1.807) is 13.3 Å². The fourth-order valence-corrected chi connectivity index (χ4v) is 4.48. The molecule has 0 bridgehead atoms. The SMILES string of the molecule is CC.CCCCN(CCC)Cc1c[nH]c2ncnc(Nc3ccc(C)c(CCCCCC(C)=O)c3)c12. The molecule has 3 aromatic rings. The van der Waals surface area contributed by atoms with E-state index >= 15 is 0 Å². The second-order valence-corrected chi connectivity index (χ2v) is 9.42. The van der Waals surface area contributed by atoms with E-state index in [0.717, 1.165) is 74.3 Å². The first-order valence-electron chi connectivity index (χ1n) is 13.9. The van der Waals surface area contributed by atoms with E-state index < -0.39 is 0 Å². The number of Topliss-reactive ketones (excluding diaryl/α,β-unsaturated/α-hetero) is 1. The van der Waals surface area contributed by atoms with Crippen LogP contribution in [0.4, 0.5) is 11.5 Å². The number of hydrogen-bond donors (Lipinski definition) is 2. The molecule has 0 saturated heterocycles. The Morgan fingerprint density at radius 1 is 1.00 bits per heavy atom. The van der Waals surface area contributed by atoms with Crippen LogP contribution >= 0.6 is 0 Å². The number of rotatable bonds is 15. The molecule has 36 heavy (non-hydrogen) atoms. The maximum atomic E-state index is 11.2. The number of nitrogens with zero attached hydrogens (tertiary/aromatic N) is 3. The fraction of sp³-hybridized carbons (Fsp3) is 0.567. The number of anilines is 2. The van der Waals surface area contributed by atoms with Gasteiger partial charge in [-0.15, -0.1) is 0 Å². The van der Waals surface area contributed by atoms with E-state index in [1.807, 2.05) is 13.8 Å². The summed E-state index contributed by atoms with van der Waals surface area (Å²) in [5, 5.41) is 4.65. The lowest BCUT2D eigenvalue weighted by Crippen LogP contribution is -2.25. The van der Waals surface area contributed by atoms with Crippen LogP contribution in [0.25, 0.3) is 11.0 Å². The summed E-state index contributed by atoms with van der Waals surface area (Å²) >= 11 is 0. The number of aromatic nitrogens is 3. The highest BCUT2D eigenvalue weighted by atomic mass is 16.1. The molecule has 0 saturated carbocycles.